The number of benzene rings is 1. The summed E-state index contributed by atoms with van der Waals surface area (Å²) in [6.45, 7) is 6.74. The molecule has 1 N–H and O–H groups in total. The van der Waals surface area contributed by atoms with Gasteiger partial charge in [0.05, 0.1) is 5.56 Å². The van der Waals surface area contributed by atoms with Gasteiger partial charge in [0, 0.05) is 6.04 Å². The summed E-state index contributed by atoms with van der Waals surface area (Å²) in [5.74, 6) is 0.202. The fraction of sp³-hybridized carbons (Fsp3) is 0.588. The van der Waals surface area contributed by atoms with Crippen LogP contribution >= 0.6 is 0 Å². The Morgan fingerprint density at radius 3 is 2.60 bits per heavy atom. The minimum atomic E-state index is 0.202. The molecule has 1 aliphatic rings. The van der Waals surface area contributed by atoms with E-state index in [1.807, 2.05) is 6.07 Å². The molecule has 0 aliphatic heterocycles. The van der Waals surface area contributed by atoms with Gasteiger partial charge in [0.2, 0.25) is 0 Å². The summed E-state index contributed by atoms with van der Waals surface area (Å²) in [7, 11) is 0. The zero-order valence-electron chi connectivity index (χ0n) is 12.6. The van der Waals surface area contributed by atoms with Gasteiger partial charge in [-0.3, -0.25) is 4.79 Å². The molecule has 3 nitrogen and oxygen atoms in total. The van der Waals surface area contributed by atoms with Crippen molar-refractivity contribution in [3.05, 3.63) is 28.8 Å². The fourth-order valence-electron chi connectivity index (χ4n) is 3.29. The number of rotatable bonds is 6. The number of carbonyl (C=O) groups is 1. The topological polar surface area (TPSA) is 40.5 Å². The summed E-state index contributed by atoms with van der Waals surface area (Å²) in [6.07, 6.45) is 6.03. The molecule has 1 aliphatic carbocycles. The molecule has 0 fully saturated rings. The number of hydrogen-bond donors (Lipinski definition) is 1. The molecule has 1 unspecified atom stereocenters. The van der Waals surface area contributed by atoms with Crippen molar-refractivity contribution in [2.24, 2.45) is 0 Å². The lowest BCUT2D eigenvalue weighted by molar-refractivity contribution is 0.112. The molecule has 0 bridgehead atoms. The predicted octanol–water partition coefficient (Wildman–Crippen LogP) is 3.18. The lowest BCUT2D eigenvalue weighted by Crippen LogP contribution is -2.40. The number of phenols is 1. The summed E-state index contributed by atoms with van der Waals surface area (Å²) in [4.78, 5) is 13.5. The number of aldehydes is 1. The Morgan fingerprint density at radius 2 is 2.00 bits per heavy atom. The highest BCUT2D eigenvalue weighted by Crippen LogP contribution is 2.32. The molecule has 3 heteroatoms. The monoisotopic (exact) mass is 275 g/mol. The third kappa shape index (κ3) is 3.04. The van der Waals surface area contributed by atoms with Crippen molar-refractivity contribution in [2.75, 3.05) is 13.1 Å². The van der Waals surface area contributed by atoms with E-state index in [0.717, 1.165) is 44.2 Å². The standard InChI is InChI=1S/C17H25NO2/c1-3-9-18(10-4-2)15-7-8-16-13(11-15)5-6-14(12-19)17(16)20/h5-6,12,15,20H,3-4,7-11H2,1-2H3. The van der Waals surface area contributed by atoms with Gasteiger partial charge in [-0.15, -0.1) is 0 Å². The van der Waals surface area contributed by atoms with E-state index in [4.69, 9.17) is 0 Å². The summed E-state index contributed by atoms with van der Waals surface area (Å²) in [5, 5.41) is 10.1. The van der Waals surface area contributed by atoms with Gasteiger partial charge in [-0.2, -0.15) is 0 Å². The SMILES string of the molecule is CCCN(CCC)C1CCc2c(ccc(C=O)c2O)C1. The number of phenolic OH excluding ortho intramolecular Hbond substituents is 1. The fourth-order valence-corrected chi connectivity index (χ4v) is 3.29. The Kier molecular flexibility index (Phi) is 5.18. The van der Waals surface area contributed by atoms with Crippen LogP contribution in [0.5, 0.6) is 5.75 Å². The second kappa shape index (κ2) is 6.89. The minimum absolute atomic E-state index is 0.202. The molecule has 1 atom stereocenters. The van der Waals surface area contributed by atoms with Crippen molar-refractivity contribution < 1.29 is 9.90 Å². The third-order valence-electron chi connectivity index (χ3n) is 4.26. The van der Waals surface area contributed by atoms with Crippen molar-refractivity contribution in [1.82, 2.24) is 4.90 Å². The van der Waals surface area contributed by atoms with E-state index in [2.05, 4.69) is 18.7 Å². The number of nitrogens with zero attached hydrogens (tertiary/aromatic N) is 1. The van der Waals surface area contributed by atoms with Gasteiger partial charge in [0.1, 0.15) is 5.75 Å². The van der Waals surface area contributed by atoms with Gasteiger partial charge in [-0.05, 0) is 62.4 Å². The van der Waals surface area contributed by atoms with Crippen LogP contribution in [0.25, 0.3) is 0 Å². The summed E-state index contributed by atoms with van der Waals surface area (Å²) in [5.41, 5.74) is 2.61. The predicted molar refractivity (Wildman–Crippen MR) is 81.5 cm³/mol. The lowest BCUT2D eigenvalue weighted by Gasteiger charge is -2.35. The molecule has 20 heavy (non-hydrogen) atoms. The van der Waals surface area contributed by atoms with Gasteiger partial charge in [0.25, 0.3) is 0 Å². The zero-order valence-corrected chi connectivity index (χ0v) is 12.6. The maximum absolute atomic E-state index is 10.9. The first-order chi connectivity index (χ1) is 9.71. The summed E-state index contributed by atoms with van der Waals surface area (Å²) >= 11 is 0. The first-order valence-electron chi connectivity index (χ1n) is 7.74. The highest BCUT2D eigenvalue weighted by atomic mass is 16.3. The van der Waals surface area contributed by atoms with Gasteiger partial charge in [-0.1, -0.05) is 19.9 Å². The molecular formula is C17H25NO2. The van der Waals surface area contributed by atoms with Crippen LogP contribution in [0.3, 0.4) is 0 Å². The molecule has 110 valence electrons. The first kappa shape index (κ1) is 15.0. The second-order valence-electron chi connectivity index (χ2n) is 5.69. The van der Waals surface area contributed by atoms with Crippen LogP contribution in [-0.2, 0) is 12.8 Å². The molecule has 0 amide bonds. The smallest absolute Gasteiger partial charge is 0.153 e. The molecule has 2 rings (SSSR count). The Hall–Kier alpha value is -1.35. The van der Waals surface area contributed by atoms with Crippen molar-refractivity contribution in [3.63, 3.8) is 0 Å². The third-order valence-corrected chi connectivity index (χ3v) is 4.26. The molecule has 0 heterocycles. The van der Waals surface area contributed by atoms with Crippen LogP contribution in [0.2, 0.25) is 0 Å². The van der Waals surface area contributed by atoms with E-state index in [-0.39, 0.29) is 5.75 Å². The average Bonchev–Trinajstić information content (AvgIpc) is 2.47. The van der Waals surface area contributed by atoms with Crippen LogP contribution in [0.4, 0.5) is 0 Å². The quantitative estimate of drug-likeness (QED) is 0.811. The molecule has 1 aromatic carbocycles. The molecule has 0 saturated carbocycles. The Balaban J connectivity index is 2.18. The van der Waals surface area contributed by atoms with Crippen LogP contribution in [-0.4, -0.2) is 35.4 Å². The lowest BCUT2D eigenvalue weighted by atomic mass is 9.85. The van der Waals surface area contributed by atoms with Crippen LogP contribution in [0.15, 0.2) is 12.1 Å². The second-order valence-corrected chi connectivity index (χ2v) is 5.69. The van der Waals surface area contributed by atoms with E-state index in [1.54, 1.807) is 6.07 Å². The molecule has 0 spiro atoms. The maximum atomic E-state index is 10.9. The minimum Gasteiger partial charge on any atom is -0.507 e. The van der Waals surface area contributed by atoms with Crippen molar-refractivity contribution in [1.29, 1.82) is 0 Å². The van der Waals surface area contributed by atoms with Crippen LogP contribution < -0.4 is 0 Å². The average molecular weight is 275 g/mol. The van der Waals surface area contributed by atoms with E-state index in [0.29, 0.717) is 11.6 Å². The Morgan fingerprint density at radius 1 is 1.30 bits per heavy atom. The molecule has 0 aromatic heterocycles. The maximum Gasteiger partial charge on any atom is 0.153 e. The molecule has 0 radical (unpaired) electrons. The van der Waals surface area contributed by atoms with Gasteiger partial charge >= 0.3 is 0 Å². The zero-order chi connectivity index (χ0) is 14.5. The molecule has 0 saturated heterocycles. The van der Waals surface area contributed by atoms with E-state index >= 15 is 0 Å². The first-order valence-corrected chi connectivity index (χ1v) is 7.74. The number of aromatic hydroxyl groups is 1. The summed E-state index contributed by atoms with van der Waals surface area (Å²) < 4.78 is 0. The van der Waals surface area contributed by atoms with Crippen LogP contribution in [0, 0.1) is 0 Å². The highest BCUT2D eigenvalue weighted by Gasteiger charge is 2.25. The van der Waals surface area contributed by atoms with Gasteiger partial charge in [0.15, 0.2) is 6.29 Å². The van der Waals surface area contributed by atoms with E-state index in [1.165, 1.54) is 18.4 Å². The Labute approximate surface area is 121 Å². The van der Waals surface area contributed by atoms with Crippen LogP contribution in [0.1, 0.15) is 54.6 Å². The van der Waals surface area contributed by atoms with E-state index in [9.17, 15) is 9.90 Å². The molecular weight excluding hydrogens is 250 g/mol. The normalized spacial score (nSPS) is 18.1. The van der Waals surface area contributed by atoms with E-state index < -0.39 is 0 Å². The number of carbonyl (C=O) groups excluding carboxylic acids is 1. The number of fused-ring (bicyclic) bond motifs is 1. The van der Waals surface area contributed by atoms with Crippen molar-refractivity contribution >= 4 is 6.29 Å². The van der Waals surface area contributed by atoms with Gasteiger partial charge < -0.3 is 10.0 Å². The largest absolute Gasteiger partial charge is 0.507 e. The molecule has 1 aromatic rings. The van der Waals surface area contributed by atoms with Crippen molar-refractivity contribution in [2.45, 2.75) is 52.0 Å². The highest BCUT2D eigenvalue weighted by molar-refractivity contribution is 5.80. The van der Waals surface area contributed by atoms with Crippen molar-refractivity contribution in [3.8, 4) is 5.75 Å². The van der Waals surface area contributed by atoms with Gasteiger partial charge in [-0.25, -0.2) is 0 Å². The Bertz CT molecular complexity index is 464. The summed E-state index contributed by atoms with van der Waals surface area (Å²) in [6, 6.07) is 4.33. The number of hydrogen-bond acceptors (Lipinski definition) is 3.